The van der Waals surface area contributed by atoms with Gasteiger partial charge in [0.05, 0.1) is 6.04 Å². The normalized spacial score (nSPS) is 28.6. The summed E-state index contributed by atoms with van der Waals surface area (Å²) in [6.45, 7) is 4.92. The van der Waals surface area contributed by atoms with Crippen LogP contribution in [0.5, 0.6) is 0 Å². The molecule has 1 aliphatic rings. The van der Waals surface area contributed by atoms with Crippen molar-refractivity contribution in [2.24, 2.45) is 11.1 Å². The molecule has 11 heavy (non-hydrogen) atoms. The van der Waals surface area contributed by atoms with Crippen molar-refractivity contribution in [3.8, 4) is 0 Å². The van der Waals surface area contributed by atoms with Gasteiger partial charge in [-0.25, -0.2) is 0 Å². The van der Waals surface area contributed by atoms with E-state index in [0.717, 1.165) is 19.4 Å². The van der Waals surface area contributed by atoms with E-state index in [1.807, 2.05) is 0 Å². The maximum atomic E-state index is 11.1. The van der Waals surface area contributed by atoms with Gasteiger partial charge >= 0.3 is 0 Å². The minimum atomic E-state index is -0.294. The molecule has 3 N–H and O–H groups in total. The summed E-state index contributed by atoms with van der Waals surface area (Å²) in [5.41, 5.74) is 5.79. The Morgan fingerprint density at radius 1 is 1.64 bits per heavy atom. The number of carbonyl (C=O) groups is 1. The van der Waals surface area contributed by atoms with Crippen LogP contribution in [0.1, 0.15) is 26.7 Å². The van der Waals surface area contributed by atoms with Crippen molar-refractivity contribution < 1.29 is 4.79 Å². The van der Waals surface area contributed by atoms with Crippen molar-refractivity contribution in [2.45, 2.75) is 32.7 Å². The molecule has 0 aliphatic carbocycles. The van der Waals surface area contributed by atoms with Gasteiger partial charge in [-0.3, -0.25) is 4.79 Å². The number of hydrogen-bond donors (Lipinski definition) is 2. The number of nitrogens with two attached hydrogens (primary N) is 1. The van der Waals surface area contributed by atoms with Crippen LogP contribution in [-0.4, -0.2) is 18.5 Å². The van der Waals surface area contributed by atoms with E-state index in [1.165, 1.54) is 0 Å². The van der Waals surface area contributed by atoms with Crippen molar-refractivity contribution in [1.29, 1.82) is 0 Å². The fourth-order valence-electron chi connectivity index (χ4n) is 1.70. The molecular formula is C8H16N2O. The van der Waals surface area contributed by atoms with Gasteiger partial charge in [0.2, 0.25) is 5.91 Å². The quantitative estimate of drug-likeness (QED) is 0.602. The summed E-state index contributed by atoms with van der Waals surface area (Å²) in [6.07, 6.45) is 1.95. The lowest BCUT2D eigenvalue weighted by molar-refractivity contribution is -0.121. The zero-order valence-electron chi connectivity index (χ0n) is 7.18. The second-order valence-electron chi connectivity index (χ2n) is 3.26. The molecule has 0 unspecified atom stereocenters. The summed E-state index contributed by atoms with van der Waals surface area (Å²) >= 11 is 0. The molecule has 1 saturated heterocycles. The minimum Gasteiger partial charge on any atom is -0.354 e. The van der Waals surface area contributed by atoms with Gasteiger partial charge in [0.25, 0.3) is 0 Å². The first-order chi connectivity index (χ1) is 5.16. The summed E-state index contributed by atoms with van der Waals surface area (Å²) in [4.78, 5) is 11.1. The lowest BCUT2D eigenvalue weighted by atomic mass is 9.78. The third kappa shape index (κ3) is 1.13. The maximum absolute atomic E-state index is 11.1. The van der Waals surface area contributed by atoms with Crippen molar-refractivity contribution in [1.82, 2.24) is 5.32 Å². The first-order valence-corrected chi connectivity index (χ1v) is 4.19. The minimum absolute atomic E-state index is 0.00806. The van der Waals surface area contributed by atoms with Crippen molar-refractivity contribution in [2.75, 3.05) is 6.54 Å². The fraction of sp³-hybridized carbons (Fsp3) is 0.875. The Balaban J connectivity index is 2.77. The zero-order valence-corrected chi connectivity index (χ0v) is 7.18. The van der Waals surface area contributed by atoms with E-state index in [-0.39, 0.29) is 17.4 Å². The molecule has 1 atom stereocenters. The van der Waals surface area contributed by atoms with Crippen LogP contribution in [-0.2, 0) is 4.79 Å². The van der Waals surface area contributed by atoms with E-state index < -0.39 is 0 Å². The molecule has 0 spiro atoms. The predicted molar refractivity (Wildman–Crippen MR) is 44.0 cm³/mol. The number of nitrogens with one attached hydrogen (secondary N) is 1. The summed E-state index contributed by atoms with van der Waals surface area (Å²) in [5, 5.41) is 2.80. The van der Waals surface area contributed by atoms with Crippen LogP contribution in [0.25, 0.3) is 0 Å². The third-order valence-electron chi connectivity index (χ3n) is 2.97. The van der Waals surface area contributed by atoms with Gasteiger partial charge in [0.15, 0.2) is 0 Å². The Hall–Kier alpha value is -0.570. The second-order valence-corrected chi connectivity index (χ2v) is 3.26. The molecule has 0 bridgehead atoms. The number of carbonyl (C=O) groups excluding carboxylic acids is 1. The molecule has 1 aliphatic heterocycles. The highest BCUT2D eigenvalue weighted by molar-refractivity contribution is 5.85. The topological polar surface area (TPSA) is 55.1 Å². The second kappa shape index (κ2) is 2.81. The summed E-state index contributed by atoms with van der Waals surface area (Å²) in [7, 11) is 0. The zero-order chi connectivity index (χ0) is 8.48. The fourth-order valence-corrected chi connectivity index (χ4v) is 1.70. The van der Waals surface area contributed by atoms with E-state index in [9.17, 15) is 4.79 Å². The molecule has 0 aromatic carbocycles. The average molecular weight is 156 g/mol. The summed E-state index contributed by atoms with van der Waals surface area (Å²) in [6, 6.07) is -0.294. The van der Waals surface area contributed by atoms with Crippen molar-refractivity contribution >= 4 is 5.91 Å². The molecule has 3 heteroatoms. The molecule has 1 amide bonds. The highest BCUT2D eigenvalue weighted by Gasteiger charge is 2.43. The SMILES string of the molecule is CCC1(CC)CNC(=O)[C@H]1N. The molecule has 0 aromatic rings. The lowest BCUT2D eigenvalue weighted by Crippen LogP contribution is -2.42. The van der Waals surface area contributed by atoms with Crippen LogP contribution < -0.4 is 11.1 Å². The smallest absolute Gasteiger partial charge is 0.237 e. The van der Waals surface area contributed by atoms with Gasteiger partial charge in [0, 0.05) is 12.0 Å². The Bertz CT molecular complexity index is 163. The van der Waals surface area contributed by atoms with Crippen molar-refractivity contribution in [3.63, 3.8) is 0 Å². The van der Waals surface area contributed by atoms with E-state index >= 15 is 0 Å². The Labute approximate surface area is 67.3 Å². The van der Waals surface area contributed by atoms with Gasteiger partial charge in [-0.1, -0.05) is 13.8 Å². The molecule has 1 heterocycles. The van der Waals surface area contributed by atoms with Crippen molar-refractivity contribution in [3.05, 3.63) is 0 Å². The van der Waals surface area contributed by atoms with Crippen LogP contribution in [0.4, 0.5) is 0 Å². The number of amides is 1. The van der Waals surface area contributed by atoms with Gasteiger partial charge < -0.3 is 11.1 Å². The Morgan fingerprint density at radius 3 is 2.36 bits per heavy atom. The molecule has 1 rings (SSSR count). The van der Waals surface area contributed by atoms with Crippen LogP contribution in [0.3, 0.4) is 0 Å². The van der Waals surface area contributed by atoms with Gasteiger partial charge in [0.1, 0.15) is 0 Å². The van der Waals surface area contributed by atoms with Crippen LogP contribution in [0.2, 0.25) is 0 Å². The highest BCUT2D eigenvalue weighted by atomic mass is 16.2. The standard InChI is InChI=1S/C8H16N2O/c1-3-8(4-2)5-10-7(11)6(8)9/h6H,3-5,9H2,1-2H3,(H,10,11)/t6-/m1/s1. The third-order valence-corrected chi connectivity index (χ3v) is 2.97. The predicted octanol–water partition coefficient (Wildman–Crippen LogP) is 0.250. The Morgan fingerprint density at radius 2 is 2.18 bits per heavy atom. The van der Waals surface area contributed by atoms with E-state index in [1.54, 1.807) is 0 Å². The monoisotopic (exact) mass is 156 g/mol. The molecule has 0 radical (unpaired) electrons. The van der Waals surface area contributed by atoms with Crippen LogP contribution >= 0.6 is 0 Å². The van der Waals surface area contributed by atoms with Gasteiger partial charge in [-0.2, -0.15) is 0 Å². The molecular weight excluding hydrogens is 140 g/mol. The molecule has 3 nitrogen and oxygen atoms in total. The van der Waals surface area contributed by atoms with Gasteiger partial charge in [-0.15, -0.1) is 0 Å². The molecule has 1 fully saturated rings. The number of hydrogen-bond acceptors (Lipinski definition) is 2. The highest BCUT2D eigenvalue weighted by Crippen LogP contribution is 2.32. The number of rotatable bonds is 2. The summed E-state index contributed by atoms with van der Waals surface area (Å²) in [5.74, 6) is 0.00806. The summed E-state index contributed by atoms with van der Waals surface area (Å²) < 4.78 is 0. The average Bonchev–Trinajstić information content (AvgIpc) is 2.32. The maximum Gasteiger partial charge on any atom is 0.237 e. The van der Waals surface area contributed by atoms with E-state index in [2.05, 4.69) is 19.2 Å². The van der Waals surface area contributed by atoms with Crippen LogP contribution in [0.15, 0.2) is 0 Å². The molecule has 0 aromatic heterocycles. The first-order valence-electron chi connectivity index (χ1n) is 4.19. The lowest BCUT2D eigenvalue weighted by Gasteiger charge is -2.27. The van der Waals surface area contributed by atoms with Gasteiger partial charge in [-0.05, 0) is 12.8 Å². The molecule has 0 saturated carbocycles. The van der Waals surface area contributed by atoms with E-state index in [4.69, 9.17) is 5.73 Å². The van der Waals surface area contributed by atoms with Crippen LogP contribution in [0, 0.1) is 5.41 Å². The largest absolute Gasteiger partial charge is 0.354 e. The Kier molecular flexibility index (Phi) is 2.18. The first kappa shape index (κ1) is 8.53. The van der Waals surface area contributed by atoms with E-state index in [0.29, 0.717) is 0 Å². The molecule has 64 valence electrons.